The van der Waals surface area contributed by atoms with E-state index in [2.05, 4.69) is 5.32 Å². The highest BCUT2D eigenvalue weighted by atomic mass is 35.5. The van der Waals surface area contributed by atoms with Gasteiger partial charge in [-0.15, -0.1) is 0 Å². The molecule has 0 aliphatic carbocycles. The van der Waals surface area contributed by atoms with Crippen LogP contribution in [0.5, 0.6) is 0 Å². The number of aromatic nitrogens is 1. The van der Waals surface area contributed by atoms with Gasteiger partial charge in [-0.25, -0.2) is 4.79 Å². The first-order valence-corrected chi connectivity index (χ1v) is 10.0. The molecule has 2 aromatic heterocycles. The number of imide groups is 2. The lowest BCUT2D eigenvalue weighted by Crippen LogP contribution is -2.53. The summed E-state index contributed by atoms with van der Waals surface area (Å²) < 4.78 is 7.25. The van der Waals surface area contributed by atoms with Gasteiger partial charge in [0.05, 0.1) is 12.8 Å². The number of hydrogen-bond acceptors (Lipinski definition) is 4. The zero-order chi connectivity index (χ0) is 22.3. The number of amides is 4. The van der Waals surface area contributed by atoms with Crippen molar-refractivity contribution in [2.24, 2.45) is 0 Å². The van der Waals surface area contributed by atoms with Crippen molar-refractivity contribution >= 4 is 35.5 Å². The maximum Gasteiger partial charge on any atom is 0.331 e. The number of hydrogen-bond donors (Lipinski definition) is 1. The summed E-state index contributed by atoms with van der Waals surface area (Å²) >= 11 is 6.19. The number of urea groups is 1. The number of halogens is 1. The minimum Gasteiger partial charge on any atom is -0.467 e. The van der Waals surface area contributed by atoms with Gasteiger partial charge in [0.1, 0.15) is 11.3 Å². The molecule has 0 spiro atoms. The van der Waals surface area contributed by atoms with Crippen LogP contribution >= 0.6 is 11.6 Å². The number of furan rings is 1. The molecule has 158 valence electrons. The highest BCUT2D eigenvalue weighted by Crippen LogP contribution is 2.27. The Labute approximate surface area is 183 Å². The molecule has 0 radical (unpaired) electrons. The number of nitrogens with one attached hydrogen (secondary N) is 1. The second kappa shape index (κ2) is 7.92. The lowest BCUT2D eigenvalue weighted by molar-refractivity contribution is -0.130. The van der Waals surface area contributed by atoms with Crippen LogP contribution in [-0.2, 0) is 16.1 Å². The van der Waals surface area contributed by atoms with Crippen molar-refractivity contribution in [3.63, 3.8) is 0 Å². The Balaban J connectivity index is 1.74. The van der Waals surface area contributed by atoms with Gasteiger partial charge in [-0.05, 0) is 68.3 Å². The Morgan fingerprint density at radius 1 is 1.10 bits per heavy atom. The monoisotopic (exact) mass is 437 g/mol. The number of nitrogens with zero attached hydrogens (tertiary/aromatic N) is 2. The Morgan fingerprint density at radius 2 is 1.87 bits per heavy atom. The molecule has 1 aliphatic heterocycles. The van der Waals surface area contributed by atoms with Crippen molar-refractivity contribution in [3.8, 4) is 5.69 Å². The van der Waals surface area contributed by atoms with Gasteiger partial charge in [0.2, 0.25) is 0 Å². The van der Waals surface area contributed by atoms with E-state index in [0.29, 0.717) is 16.3 Å². The molecular weight excluding hydrogens is 418 g/mol. The molecule has 4 amide bonds. The fraction of sp³-hybridized carbons (Fsp3) is 0.174. The van der Waals surface area contributed by atoms with Crippen LogP contribution in [0.2, 0.25) is 5.02 Å². The van der Waals surface area contributed by atoms with E-state index < -0.39 is 17.8 Å². The average molecular weight is 438 g/mol. The molecule has 0 bridgehead atoms. The first-order valence-electron chi connectivity index (χ1n) is 9.63. The molecule has 8 heteroatoms. The zero-order valence-electron chi connectivity index (χ0n) is 17.2. The standard InChI is InChI=1S/C23H20ClN3O4/c1-13-6-7-17(24)11-20(13)27-14(2)9-16(15(27)3)10-19-21(28)25-23(30)26(22(19)29)12-18-5-4-8-31-18/h4-11H,12H2,1-3H3,(H,25,28,30). The summed E-state index contributed by atoms with van der Waals surface area (Å²) in [5.41, 5.74) is 4.29. The summed E-state index contributed by atoms with van der Waals surface area (Å²) in [6.45, 7) is 5.75. The quantitative estimate of drug-likeness (QED) is 0.487. The molecule has 0 saturated carbocycles. The Morgan fingerprint density at radius 3 is 2.58 bits per heavy atom. The van der Waals surface area contributed by atoms with Gasteiger partial charge in [-0.1, -0.05) is 17.7 Å². The molecule has 0 unspecified atom stereocenters. The van der Waals surface area contributed by atoms with Gasteiger partial charge in [0, 0.05) is 22.1 Å². The highest BCUT2D eigenvalue weighted by Gasteiger charge is 2.36. The summed E-state index contributed by atoms with van der Waals surface area (Å²) in [5, 5.41) is 2.84. The number of carbonyl (C=O) groups excluding carboxylic acids is 3. The molecule has 31 heavy (non-hydrogen) atoms. The Bertz CT molecular complexity index is 1240. The third-order valence-corrected chi connectivity index (χ3v) is 5.50. The second-order valence-electron chi connectivity index (χ2n) is 7.38. The molecule has 3 aromatic rings. The first kappa shape index (κ1) is 20.7. The van der Waals surface area contributed by atoms with Crippen LogP contribution in [-0.4, -0.2) is 27.3 Å². The zero-order valence-corrected chi connectivity index (χ0v) is 18.0. The molecule has 1 N–H and O–H groups in total. The second-order valence-corrected chi connectivity index (χ2v) is 7.82. The summed E-state index contributed by atoms with van der Waals surface area (Å²) in [7, 11) is 0. The van der Waals surface area contributed by atoms with Crippen molar-refractivity contribution in [2.45, 2.75) is 27.3 Å². The largest absolute Gasteiger partial charge is 0.467 e. The smallest absolute Gasteiger partial charge is 0.331 e. The normalized spacial score (nSPS) is 15.7. The first-order chi connectivity index (χ1) is 14.8. The number of aryl methyl sites for hydroxylation is 2. The summed E-state index contributed by atoms with van der Waals surface area (Å²) in [6, 6.07) is 10.1. The van der Waals surface area contributed by atoms with Gasteiger partial charge in [0.25, 0.3) is 11.8 Å². The van der Waals surface area contributed by atoms with Crippen LogP contribution < -0.4 is 5.32 Å². The van der Waals surface area contributed by atoms with Crippen LogP contribution in [0.3, 0.4) is 0 Å². The topological polar surface area (TPSA) is 84.6 Å². The predicted molar refractivity (Wildman–Crippen MR) is 116 cm³/mol. The fourth-order valence-corrected chi connectivity index (χ4v) is 3.85. The molecule has 1 aliphatic rings. The molecule has 7 nitrogen and oxygen atoms in total. The van der Waals surface area contributed by atoms with Crippen molar-refractivity contribution in [2.75, 3.05) is 0 Å². The fourth-order valence-electron chi connectivity index (χ4n) is 3.68. The number of benzene rings is 1. The molecule has 1 aromatic carbocycles. The average Bonchev–Trinajstić information content (AvgIpc) is 3.32. The molecule has 1 fully saturated rings. The third-order valence-electron chi connectivity index (χ3n) is 5.26. The van der Waals surface area contributed by atoms with Gasteiger partial charge in [-0.3, -0.25) is 19.8 Å². The van der Waals surface area contributed by atoms with E-state index in [1.807, 2.05) is 49.6 Å². The van der Waals surface area contributed by atoms with E-state index in [4.69, 9.17) is 16.0 Å². The summed E-state index contributed by atoms with van der Waals surface area (Å²) in [4.78, 5) is 38.6. The van der Waals surface area contributed by atoms with Gasteiger partial charge >= 0.3 is 6.03 Å². The Hall–Kier alpha value is -3.58. The van der Waals surface area contributed by atoms with Crippen LogP contribution in [0.1, 0.15) is 28.3 Å². The van der Waals surface area contributed by atoms with E-state index in [9.17, 15) is 14.4 Å². The van der Waals surface area contributed by atoms with Crippen LogP contribution in [0.25, 0.3) is 11.8 Å². The van der Waals surface area contributed by atoms with Gasteiger partial charge in [0.15, 0.2) is 0 Å². The van der Waals surface area contributed by atoms with E-state index in [1.165, 1.54) is 12.3 Å². The van der Waals surface area contributed by atoms with Crippen LogP contribution in [0.15, 0.2) is 52.7 Å². The van der Waals surface area contributed by atoms with Crippen molar-refractivity contribution in [1.82, 2.24) is 14.8 Å². The van der Waals surface area contributed by atoms with Crippen LogP contribution in [0.4, 0.5) is 4.79 Å². The lowest BCUT2D eigenvalue weighted by atomic mass is 10.1. The highest BCUT2D eigenvalue weighted by molar-refractivity contribution is 6.31. The minimum absolute atomic E-state index is 0.0665. The van der Waals surface area contributed by atoms with E-state index in [0.717, 1.165) is 27.5 Å². The maximum absolute atomic E-state index is 13.0. The molecule has 3 heterocycles. The predicted octanol–water partition coefficient (Wildman–Crippen LogP) is 4.31. The van der Waals surface area contributed by atoms with Crippen LogP contribution in [0, 0.1) is 20.8 Å². The van der Waals surface area contributed by atoms with Crippen molar-refractivity contribution in [3.05, 3.63) is 81.5 Å². The summed E-state index contributed by atoms with van der Waals surface area (Å²) in [5.74, 6) is -0.963. The SMILES string of the molecule is Cc1ccc(Cl)cc1-n1c(C)cc(C=C2C(=O)NC(=O)N(Cc3ccco3)C2=O)c1C. The number of rotatable bonds is 4. The van der Waals surface area contributed by atoms with E-state index >= 15 is 0 Å². The lowest BCUT2D eigenvalue weighted by Gasteiger charge is -2.25. The molecular formula is C23H20ClN3O4. The van der Waals surface area contributed by atoms with Gasteiger partial charge < -0.3 is 8.98 Å². The summed E-state index contributed by atoms with van der Waals surface area (Å²) in [6.07, 6.45) is 2.97. The Kier molecular flexibility index (Phi) is 5.29. The third kappa shape index (κ3) is 3.80. The van der Waals surface area contributed by atoms with E-state index in [1.54, 1.807) is 12.1 Å². The number of barbiturate groups is 1. The molecule has 0 atom stereocenters. The van der Waals surface area contributed by atoms with Crippen molar-refractivity contribution < 1.29 is 18.8 Å². The van der Waals surface area contributed by atoms with E-state index in [-0.39, 0.29) is 12.1 Å². The molecule has 4 rings (SSSR count). The maximum atomic E-state index is 13.0. The minimum atomic E-state index is -0.774. The molecule has 1 saturated heterocycles. The van der Waals surface area contributed by atoms with Gasteiger partial charge in [-0.2, -0.15) is 0 Å². The van der Waals surface area contributed by atoms with Crippen molar-refractivity contribution in [1.29, 1.82) is 0 Å². The number of carbonyl (C=O) groups is 3.